The fourth-order valence-corrected chi connectivity index (χ4v) is 9.88. The van der Waals surface area contributed by atoms with Crippen LogP contribution in [0, 0.1) is 0 Å². The lowest BCUT2D eigenvalue weighted by Crippen LogP contribution is -2.30. The van der Waals surface area contributed by atoms with Gasteiger partial charge >= 0.3 is 17.9 Å². The predicted molar refractivity (Wildman–Crippen MR) is 339 cm³/mol. The molecule has 0 aromatic heterocycles. The van der Waals surface area contributed by atoms with Gasteiger partial charge in [0.1, 0.15) is 13.2 Å². The van der Waals surface area contributed by atoms with Gasteiger partial charge in [-0.05, 0) is 89.9 Å². The fourth-order valence-electron chi connectivity index (χ4n) is 9.88. The van der Waals surface area contributed by atoms with E-state index in [4.69, 9.17) is 14.2 Å². The standard InChI is InChI=1S/C72H128O6/c1-4-7-10-13-16-19-21-23-25-27-29-31-33-35-36-38-39-41-43-45-47-49-51-53-56-59-62-65-71(74)77-68-69(67-76-70(73)64-61-58-55-18-15-12-9-6-3)78-72(75)66-63-60-57-54-52-50-48-46-44-42-40-37-34-32-30-28-26-24-22-20-17-14-11-8-5-2/h7,10,16,19,23,25,28-31,35-36,69H,4-6,8-9,11-15,17-18,20-22,24,26-27,32-34,37-68H2,1-3H3/b10-7-,19-16-,25-23-,30-28-,31-29-,36-35-. The van der Waals surface area contributed by atoms with Crippen molar-refractivity contribution in [3.05, 3.63) is 72.9 Å². The Morgan fingerprint density at radius 2 is 0.500 bits per heavy atom. The molecule has 1 atom stereocenters. The van der Waals surface area contributed by atoms with Crippen LogP contribution in [0.1, 0.15) is 348 Å². The zero-order chi connectivity index (χ0) is 56.4. The molecule has 0 N–H and O–H groups in total. The highest BCUT2D eigenvalue weighted by Gasteiger charge is 2.19. The van der Waals surface area contributed by atoms with Crippen LogP contribution in [-0.2, 0) is 28.6 Å². The second-order valence-electron chi connectivity index (χ2n) is 22.7. The van der Waals surface area contributed by atoms with Crippen molar-refractivity contribution in [3.8, 4) is 0 Å². The molecular formula is C72H128O6. The van der Waals surface area contributed by atoms with Crippen molar-refractivity contribution in [2.45, 2.75) is 354 Å². The fraction of sp³-hybridized carbons (Fsp3) is 0.792. The first kappa shape index (κ1) is 74.8. The van der Waals surface area contributed by atoms with Crippen molar-refractivity contribution in [2.24, 2.45) is 0 Å². The molecule has 0 radical (unpaired) electrons. The highest BCUT2D eigenvalue weighted by atomic mass is 16.6. The third kappa shape index (κ3) is 63.7. The van der Waals surface area contributed by atoms with E-state index in [-0.39, 0.29) is 31.1 Å². The third-order valence-electron chi connectivity index (χ3n) is 14.9. The maximum atomic E-state index is 12.9. The molecule has 0 saturated heterocycles. The quantitative estimate of drug-likeness (QED) is 0.0261. The van der Waals surface area contributed by atoms with Gasteiger partial charge in [0, 0.05) is 19.3 Å². The molecule has 452 valence electrons. The largest absolute Gasteiger partial charge is 0.462 e. The van der Waals surface area contributed by atoms with Crippen molar-refractivity contribution in [3.63, 3.8) is 0 Å². The highest BCUT2D eigenvalue weighted by molar-refractivity contribution is 5.71. The Morgan fingerprint density at radius 3 is 0.795 bits per heavy atom. The maximum absolute atomic E-state index is 12.9. The Labute approximate surface area is 484 Å². The van der Waals surface area contributed by atoms with Crippen LogP contribution < -0.4 is 0 Å². The maximum Gasteiger partial charge on any atom is 0.306 e. The van der Waals surface area contributed by atoms with E-state index in [2.05, 4.69) is 93.7 Å². The van der Waals surface area contributed by atoms with Crippen molar-refractivity contribution in [1.82, 2.24) is 0 Å². The van der Waals surface area contributed by atoms with E-state index < -0.39 is 6.10 Å². The minimum absolute atomic E-state index is 0.0724. The summed E-state index contributed by atoms with van der Waals surface area (Å²) in [6, 6.07) is 0. The van der Waals surface area contributed by atoms with Crippen LogP contribution in [0.2, 0.25) is 0 Å². The number of carbonyl (C=O) groups is 3. The molecular weight excluding hydrogens is 961 g/mol. The number of rotatable bonds is 62. The van der Waals surface area contributed by atoms with E-state index in [9.17, 15) is 14.4 Å². The average Bonchev–Trinajstić information content (AvgIpc) is 3.44. The lowest BCUT2D eigenvalue weighted by Gasteiger charge is -2.18. The topological polar surface area (TPSA) is 78.9 Å². The molecule has 0 aromatic rings. The van der Waals surface area contributed by atoms with Crippen LogP contribution in [0.4, 0.5) is 0 Å². The van der Waals surface area contributed by atoms with Crippen LogP contribution >= 0.6 is 0 Å². The number of hydrogen-bond acceptors (Lipinski definition) is 6. The van der Waals surface area contributed by atoms with Gasteiger partial charge in [-0.15, -0.1) is 0 Å². The molecule has 6 heteroatoms. The molecule has 0 amide bonds. The van der Waals surface area contributed by atoms with Gasteiger partial charge in [0.05, 0.1) is 0 Å². The predicted octanol–water partition coefficient (Wildman–Crippen LogP) is 23.3. The molecule has 0 bridgehead atoms. The zero-order valence-electron chi connectivity index (χ0n) is 51.9. The molecule has 0 aliphatic heterocycles. The van der Waals surface area contributed by atoms with Crippen molar-refractivity contribution in [2.75, 3.05) is 13.2 Å². The number of ether oxygens (including phenoxy) is 3. The summed E-state index contributed by atoms with van der Waals surface area (Å²) in [5.41, 5.74) is 0. The summed E-state index contributed by atoms with van der Waals surface area (Å²) in [7, 11) is 0. The summed E-state index contributed by atoms with van der Waals surface area (Å²) in [4.78, 5) is 38.2. The second-order valence-corrected chi connectivity index (χ2v) is 22.7. The van der Waals surface area contributed by atoms with Crippen molar-refractivity contribution in [1.29, 1.82) is 0 Å². The molecule has 0 heterocycles. The zero-order valence-corrected chi connectivity index (χ0v) is 51.9. The van der Waals surface area contributed by atoms with E-state index in [1.807, 2.05) is 0 Å². The Kier molecular flexibility index (Phi) is 63.7. The van der Waals surface area contributed by atoms with Crippen LogP contribution in [0.25, 0.3) is 0 Å². The lowest BCUT2D eigenvalue weighted by atomic mass is 10.0. The molecule has 78 heavy (non-hydrogen) atoms. The first-order valence-corrected chi connectivity index (χ1v) is 33.9. The van der Waals surface area contributed by atoms with Gasteiger partial charge in [-0.25, -0.2) is 0 Å². The molecule has 6 nitrogen and oxygen atoms in total. The Morgan fingerprint density at radius 1 is 0.269 bits per heavy atom. The average molecular weight is 1090 g/mol. The molecule has 0 rings (SSSR count). The monoisotopic (exact) mass is 1090 g/mol. The Balaban J connectivity index is 4.13. The molecule has 0 aliphatic carbocycles. The van der Waals surface area contributed by atoms with Crippen molar-refractivity contribution < 1.29 is 28.6 Å². The SMILES string of the molecule is CC/C=C\C/C=C\C/C=C\C/C=C\C/C=C\CCCCCCCCCCCCCC(=O)OCC(COC(=O)CCCCCCCCCC)OC(=O)CCCCCCCCCCCCCCC/C=C\CCCCCCCCCC. The molecule has 1 unspecified atom stereocenters. The molecule has 0 spiro atoms. The highest BCUT2D eigenvalue weighted by Crippen LogP contribution is 2.17. The Hall–Kier alpha value is -3.15. The van der Waals surface area contributed by atoms with Crippen LogP contribution in [0.5, 0.6) is 0 Å². The summed E-state index contributed by atoms with van der Waals surface area (Å²) < 4.78 is 16.9. The van der Waals surface area contributed by atoms with E-state index in [0.717, 1.165) is 89.9 Å². The normalized spacial score (nSPS) is 12.5. The summed E-state index contributed by atoms with van der Waals surface area (Å²) >= 11 is 0. The van der Waals surface area contributed by atoms with Gasteiger partial charge in [-0.2, -0.15) is 0 Å². The summed E-state index contributed by atoms with van der Waals surface area (Å²) in [6.45, 7) is 6.54. The summed E-state index contributed by atoms with van der Waals surface area (Å²) in [5, 5.41) is 0. The van der Waals surface area contributed by atoms with E-state index in [1.165, 1.54) is 218 Å². The minimum atomic E-state index is -0.774. The van der Waals surface area contributed by atoms with Crippen molar-refractivity contribution >= 4 is 17.9 Å². The lowest BCUT2D eigenvalue weighted by molar-refractivity contribution is -0.167. The molecule has 0 aromatic carbocycles. The van der Waals surface area contributed by atoms with E-state index in [0.29, 0.717) is 19.3 Å². The van der Waals surface area contributed by atoms with E-state index >= 15 is 0 Å². The van der Waals surface area contributed by atoms with Crippen LogP contribution in [0.15, 0.2) is 72.9 Å². The van der Waals surface area contributed by atoms with Gasteiger partial charge in [-0.3, -0.25) is 14.4 Å². The van der Waals surface area contributed by atoms with Crippen LogP contribution in [-0.4, -0.2) is 37.2 Å². The van der Waals surface area contributed by atoms with Gasteiger partial charge in [0.15, 0.2) is 6.10 Å². The summed E-state index contributed by atoms with van der Waals surface area (Å²) in [6.07, 6.45) is 86.5. The number of unbranched alkanes of at least 4 members (excludes halogenated alkanes) is 39. The molecule has 0 fully saturated rings. The van der Waals surface area contributed by atoms with Gasteiger partial charge in [0.2, 0.25) is 0 Å². The number of esters is 3. The smallest absolute Gasteiger partial charge is 0.306 e. The first-order valence-electron chi connectivity index (χ1n) is 33.9. The second kappa shape index (κ2) is 66.4. The minimum Gasteiger partial charge on any atom is -0.462 e. The van der Waals surface area contributed by atoms with Crippen LogP contribution in [0.3, 0.4) is 0 Å². The number of carbonyl (C=O) groups excluding carboxylic acids is 3. The van der Waals surface area contributed by atoms with Gasteiger partial charge in [0.25, 0.3) is 0 Å². The number of allylic oxidation sites excluding steroid dienone is 12. The summed E-state index contributed by atoms with van der Waals surface area (Å²) in [5.74, 6) is -0.863. The first-order chi connectivity index (χ1) is 38.5. The molecule has 0 aliphatic rings. The number of hydrogen-bond donors (Lipinski definition) is 0. The Bertz CT molecular complexity index is 1440. The van der Waals surface area contributed by atoms with Gasteiger partial charge < -0.3 is 14.2 Å². The van der Waals surface area contributed by atoms with E-state index in [1.54, 1.807) is 0 Å². The molecule has 0 saturated carbocycles. The third-order valence-corrected chi connectivity index (χ3v) is 14.9. The van der Waals surface area contributed by atoms with Gasteiger partial charge in [-0.1, -0.05) is 312 Å².